The van der Waals surface area contributed by atoms with Gasteiger partial charge in [0.2, 0.25) is 5.88 Å². The van der Waals surface area contributed by atoms with Crippen molar-refractivity contribution >= 4 is 35.2 Å². The summed E-state index contributed by atoms with van der Waals surface area (Å²) in [5, 5.41) is 19.9. The van der Waals surface area contributed by atoms with Crippen LogP contribution in [0, 0.1) is 24.1 Å². The zero-order valence-electron chi connectivity index (χ0n) is 15.2. The van der Waals surface area contributed by atoms with Crippen LogP contribution in [0.5, 0.6) is 5.88 Å². The van der Waals surface area contributed by atoms with Crippen molar-refractivity contribution in [3.8, 4) is 11.9 Å². The Bertz CT molecular complexity index is 1310. The molecule has 1 aliphatic rings. The molecule has 1 aromatic heterocycles. The number of aromatic amines is 1. The van der Waals surface area contributed by atoms with Crippen LogP contribution in [0.15, 0.2) is 40.1 Å². The molecule has 144 valence electrons. The van der Waals surface area contributed by atoms with Crippen molar-refractivity contribution < 1.29 is 9.50 Å². The Morgan fingerprint density at radius 1 is 1.38 bits per heavy atom. The number of H-pyrrole nitrogens is 1. The third-order valence-electron chi connectivity index (χ3n) is 4.79. The molecule has 2 heterocycles. The number of halogens is 2. The Hall–Kier alpha value is -3.63. The Kier molecular flexibility index (Phi) is 4.57. The number of nitrogens with one attached hydrogen (secondary N) is 1. The van der Waals surface area contributed by atoms with Crippen molar-refractivity contribution in [2.24, 2.45) is 4.99 Å². The van der Waals surface area contributed by atoms with E-state index in [1.807, 2.05) is 13.0 Å². The van der Waals surface area contributed by atoms with Gasteiger partial charge in [-0.1, -0.05) is 23.7 Å². The second-order valence-corrected chi connectivity index (χ2v) is 7.01. The van der Waals surface area contributed by atoms with Crippen molar-refractivity contribution in [2.75, 3.05) is 0 Å². The average Bonchev–Trinajstić information content (AvgIpc) is 3.22. The third kappa shape index (κ3) is 3.24. The van der Waals surface area contributed by atoms with E-state index < -0.39 is 11.5 Å². The van der Waals surface area contributed by atoms with E-state index in [-0.39, 0.29) is 23.7 Å². The van der Waals surface area contributed by atoms with E-state index in [2.05, 4.69) is 9.98 Å². The van der Waals surface area contributed by atoms with Crippen molar-refractivity contribution in [1.82, 2.24) is 9.55 Å². The van der Waals surface area contributed by atoms with Crippen molar-refractivity contribution in [3.63, 3.8) is 0 Å². The zero-order valence-corrected chi connectivity index (χ0v) is 16.0. The Morgan fingerprint density at radius 2 is 2.17 bits per heavy atom. The minimum absolute atomic E-state index is 0.0492. The maximum absolute atomic E-state index is 13.8. The maximum Gasteiger partial charge on any atom is 0.329 e. The molecule has 0 amide bonds. The highest BCUT2D eigenvalue weighted by Crippen LogP contribution is 2.38. The lowest BCUT2D eigenvalue weighted by molar-refractivity contribution is 0.420. The molecule has 2 N–H and O–H groups in total. The van der Waals surface area contributed by atoms with Gasteiger partial charge in [0.15, 0.2) is 0 Å². The summed E-state index contributed by atoms with van der Waals surface area (Å²) in [6, 6.07) is 9.38. The molecular weight excluding hydrogens is 395 g/mol. The molecule has 1 aliphatic heterocycles. The molecule has 29 heavy (non-hydrogen) atoms. The van der Waals surface area contributed by atoms with Crippen molar-refractivity contribution in [2.45, 2.75) is 13.5 Å². The fraction of sp³-hybridized carbons (Fsp3) is 0.0952. The second-order valence-electron chi connectivity index (χ2n) is 6.61. The van der Waals surface area contributed by atoms with Crippen molar-refractivity contribution in [1.29, 1.82) is 5.26 Å². The van der Waals surface area contributed by atoms with E-state index in [0.717, 1.165) is 21.4 Å². The minimum Gasteiger partial charge on any atom is -0.493 e. The molecule has 0 radical (unpaired) electrons. The highest BCUT2D eigenvalue weighted by atomic mass is 35.5. The number of benzene rings is 2. The number of rotatable bonds is 3. The highest BCUT2D eigenvalue weighted by Gasteiger charge is 2.19. The van der Waals surface area contributed by atoms with E-state index in [9.17, 15) is 14.3 Å². The van der Waals surface area contributed by atoms with Gasteiger partial charge in [-0.25, -0.2) is 9.18 Å². The number of fused-ring (bicyclic) bond motifs is 1. The van der Waals surface area contributed by atoms with Crippen LogP contribution in [-0.2, 0) is 6.54 Å². The first-order valence-electron chi connectivity index (χ1n) is 8.64. The summed E-state index contributed by atoms with van der Waals surface area (Å²) in [7, 11) is 0. The molecule has 6 nitrogen and oxygen atoms in total. The first kappa shape index (κ1) is 18.7. The summed E-state index contributed by atoms with van der Waals surface area (Å²) in [5.41, 5.74) is 3.18. The van der Waals surface area contributed by atoms with E-state index >= 15 is 0 Å². The first-order valence-corrected chi connectivity index (χ1v) is 9.02. The maximum atomic E-state index is 13.8. The number of nitriles is 1. The third-order valence-corrected chi connectivity index (χ3v) is 5.20. The van der Waals surface area contributed by atoms with Crippen LogP contribution in [0.3, 0.4) is 0 Å². The Labute approximate surface area is 169 Å². The molecule has 0 saturated carbocycles. The van der Waals surface area contributed by atoms with Gasteiger partial charge >= 0.3 is 5.69 Å². The topological polar surface area (TPSA) is 94.2 Å². The molecule has 2 aromatic carbocycles. The number of nitrogens with zero attached hydrogens (tertiary/aromatic N) is 3. The average molecular weight is 409 g/mol. The number of imidazole rings is 1. The van der Waals surface area contributed by atoms with Crippen molar-refractivity contribution in [3.05, 3.63) is 79.6 Å². The van der Waals surface area contributed by atoms with Crippen LogP contribution < -0.4 is 5.69 Å². The van der Waals surface area contributed by atoms with E-state index in [1.165, 1.54) is 18.2 Å². The van der Waals surface area contributed by atoms with Gasteiger partial charge in [0.25, 0.3) is 0 Å². The quantitative estimate of drug-likeness (QED) is 0.681. The number of aliphatic imine (C=N–C) groups is 1. The number of allylic oxidation sites excluding steroid dienone is 1. The molecule has 0 spiro atoms. The lowest BCUT2D eigenvalue weighted by Gasteiger charge is -2.05. The van der Waals surface area contributed by atoms with E-state index in [1.54, 1.807) is 24.4 Å². The van der Waals surface area contributed by atoms with Gasteiger partial charge in [0.05, 0.1) is 17.8 Å². The van der Waals surface area contributed by atoms with Gasteiger partial charge in [-0.15, -0.1) is 0 Å². The molecule has 0 unspecified atom stereocenters. The fourth-order valence-electron chi connectivity index (χ4n) is 3.21. The SMILES string of the molecule is Cc1c(Cl)ccc2c1N=C/C2=C\c1[nH]c(=O)n(Cc2ccc(C#N)c(F)c2)c1O. The number of hydrogen-bond acceptors (Lipinski definition) is 4. The monoisotopic (exact) mass is 408 g/mol. The summed E-state index contributed by atoms with van der Waals surface area (Å²) in [6.45, 7) is 1.82. The Morgan fingerprint density at radius 3 is 2.90 bits per heavy atom. The molecule has 0 bridgehead atoms. The van der Waals surface area contributed by atoms with Gasteiger partial charge in [-0.05, 0) is 42.3 Å². The van der Waals surface area contributed by atoms with Gasteiger partial charge in [0.1, 0.15) is 17.6 Å². The largest absolute Gasteiger partial charge is 0.493 e. The summed E-state index contributed by atoms with van der Waals surface area (Å²) in [5.74, 6) is -0.956. The smallest absolute Gasteiger partial charge is 0.329 e. The number of aromatic nitrogens is 2. The standard InChI is InChI=1S/C21H14ClFN4O2/c1-11-16(22)5-4-15-14(9-25-19(11)15)7-18-20(28)27(21(29)26-18)10-12-2-3-13(8-24)17(23)6-12/h2-7,9,28H,10H2,1H3,(H,26,29)/b14-7+. The summed E-state index contributed by atoms with van der Waals surface area (Å²) in [4.78, 5) is 19.3. The lowest BCUT2D eigenvalue weighted by atomic mass is 10.0. The van der Waals surface area contributed by atoms with Crippen LogP contribution in [0.4, 0.5) is 10.1 Å². The molecule has 0 saturated heterocycles. The van der Waals surface area contributed by atoms with Crippen LogP contribution in [0.2, 0.25) is 5.02 Å². The summed E-state index contributed by atoms with van der Waals surface area (Å²) < 4.78 is 14.9. The molecule has 8 heteroatoms. The second kappa shape index (κ2) is 7.08. The van der Waals surface area contributed by atoms with Crippen LogP contribution in [0.1, 0.15) is 27.9 Å². The molecule has 4 rings (SSSR count). The fourth-order valence-corrected chi connectivity index (χ4v) is 3.36. The highest BCUT2D eigenvalue weighted by molar-refractivity contribution is 6.32. The zero-order chi connectivity index (χ0) is 20.7. The number of hydrogen-bond donors (Lipinski definition) is 2. The minimum atomic E-state index is -0.678. The number of aromatic hydroxyl groups is 1. The molecule has 0 atom stereocenters. The van der Waals surface area contributed by atoms with Gasteiger partial charge in [0, 0.05) is 22.4 Å². The van der Waals surface area contributed by atoms with Crippen LogP contribution in [-0.4, -0.2) is 20.9 Å². The molecule has 0 aliphatic carbocycles. The molecule has 0 fully saturated rings. The molecule has 3 aromatic rings. The van der Waals surface area contributed by atoms with Gasteiger partial charge < -0.3 is 10.1 Å². The summed E-state index contributed by atoms with van der Waals surface area (Å²) >= 11 is 6.13. The van der Waals surface area contributed by atoms with Gasteiger partial charge in [-0.2, -0.15) is 5.26 Å². The normalized spacial score (nSPS) is 13.7. The first-order chi connectivity index (χ1) is 13.9. The van der Waals surface area contributed by atoms with Crippen LogP contribution >= 0.6 is 11.6 Å². The van der Waals surface area contributed by atoms with E-state index in [0.29, 0.717) is 16.2 Å². The van der Waals surface area contributed by atoms with E-state index in [4.69, 9.17) is 16.9 Å². The lowest BCUT2D eigenvalue weighted by Crippen LogP contribution is -2.17. The van der Waals surface area contributed by atoms with Gasteiger partial charge in [-0.3, -0.25) is 9.56 Å². The van der Waals surface area contributed by atoms with Crippen LogP contribution in [0.25, 0.3) is 11.6 Å². The predicted octanol–water partition coefficient (Wildman–Crippen LogP) is 4.16. The molecular formula is C21H14ClFN4O2. The predicted molar refractivity (Wildman–Crippen MR) is 109 cm³/mol. The summed E-state index contributed by atoms with van der Waals surface area (Å²) in [6.07, 6.45) is 3.26. The Balaban J connectivity index is 1.70.